The van der Waals surface area contributed by atoms with Crippen LogP contribution in [0.2, 0.25) is 0 Å². The Morgan fingerprint density at radius 1 is 1.05 bits per heavy atom. The van der Waals surface area contributed by atoms with E-state index < -0.39 is 0 Å². The summed E-state index contributed by atoms with van der Waals surface area (Å²) in [6, 6.07) is 0.745. The topological polar surface area (TPSA) is 15.3 Å². The summed E-state index contributed by atoms with van der Waals surface area (Å²) < 4.78 is 0. The van der Waals surface area contributed by atoms with Gasteiger partial charge in [-0.2, -0.15) is 0 Å². The van der Waals surface area contributed by atoms with Gasteiger partial charge in [-0.25, -0.2) is 0 Å². The van der Waals surface area contributed by atoms with Gasteiger partial charge in [0.25, 0.3) is 0 Å². The van der Waals surface area contributed by atoms with Gasteiger partial charge in [0, 0.05) is 25.7 Å². The van der Waals surface area contributed by atoms with Crippen LogP contribution in [-0.4, -0.2) is 37.1 Å². The Labute approximate surface area is 128 Å². The SMILES string of the molecule is CCCNCC(C)(CC)CN(CC(C)C)C(CC)CC. The van der Waals surface area contributed by atoms with Crippen molar-refractivity contribution in [3.05, 3.63) is 0 Å². The fraction of sp³-hybridized carbons (Fsp3) is 1.00. The Morgan fingerprint density at radius 3 is 2.05 bits per heavy atom. The van der Waals surface area contributed by atoms with Gasteiger partial charge < -0.3 is 5.32 Å². The Balaban J connectivity index is 4.70. The van der Waals surface area contributed by atoms with Crippen LogP contribution < -0.4 is 5.32 Å². The zero-order valence-corrected chi connectivity index (χ0v) is 15.3. The van der Waals surface area contributed by atoms with Crippen molar-refractivity contribution in [2.24, 2.45) is 11.3 Å². The van der Waals surface area contributed by atoms with Crippen molar-refractivity contribution in [3.63, 3.8) is 0 Å². The molecule has 0 bridgehead atoms. The molecular weight excluding hydrogens is 244 g/mol. The molecule has 0 saturated carbocycles. The highest BCUT2D eigenvalue weighted by atomic mass is 15.2. The average Bonchev–Trinajstić information content (AvgIpc) is 2.39. The second-order valence-electron chi connectivity index (χ2n) is 7.13. The average molecular weight is 285 g/mol. The van der Waals surface area contributed by atoms with E-state index in [9.17, 15) is 0 Å². The fourth-order valence-electron chi connectivity index (χ4n) is 2.97. The summed E-state index contributed by atoms with van der Waals surface area (Å²) in [5, 5.41) is 3.63. The molecule has 0 aromatic rings. The van der Waals surface area contributed by atoms with Crippen LogP contribution in [0.5, 0.6) is 0 Å². The van der Waals surface area contributed by atoms with Crippen molar-refractivity contribution in [2.45, 2.75) is 80.2 Å². The van der Waals surface area contributed by atoms with Crippen molar-refractivity contribution in [3.8, 4) is 0 Å². The molecule has 0 radical (unpaired) electrons. The first-order valence-electron chi connectivity index (χ1n) is 8.87. The standard InChI is InChI=1S/C18H40N2/c1-8-12-19-14-18(7,11-4)15-20(13-16(5)6)17(9-2)10-3/h16-17,19H,8-15H2,1-7H3. The molecule has 0 saturated heterocycles. The molecule has 122 valence electrons. The summed E-state index contributed by atoms with van der Waals surface area (Å²) in [6.45, 7) is 21.1. The lowest BCUT2D eigenvalue weighted by Gasteiger charge is -2.40. The Kier molecular flexibility index (Phi) is 10.6. The maximum absolute atomic E-state index is 3.63. The molecule has 1 N–H and O–H groups in total. The first-order valence-corrected chi connectivity index (χ1v) is 8.87. The summed E-state index contributed by atoms with van der Waals surface area (Å²) in [7, 11) is 0. The summed E-state index contributed by atoms with van der Waals surface area (Å²) in [6.07, 6.45) is 5.01. The molecule has 0 aliphatic heterocycles. The van der Waals surface area contributed by atoms with E-state index in [4.69, 9.17) is 0 Å². The molecule has 0 aromatic heterocycles. The molecular formula is C18H40N2. The number of hydrogen-bond donors (Lipinski definition) is 1. The molecule has 20 heavy (non-hydrogen) atoms. The number of nitrogens with zero attached hydrogens (tertiary/aromatic N) is 1. The van der Waals surface area contributed by atoms with Gasteiger partial charge in [0.1, 0.15) is 0 Å². The van der Waals surface area contributed by atoms with E-state index >= 15 is 0 Å². The van der Waals surface area contributed by atoms with E-state index in [1.807, 2.05) is 0 Å². The minimum Gasteiger partial charge on any atom is -0.316 e. The molecule has 0 aromatic carbocycles. The van der Waals surface area contributed by atoms with Crippen LogP contribution in [0.25, 0.3) is 0 Å². The van der Waals surface area contributed by atoms with Crippen LogP contribution in [0.15, 0.2) is 0 Å². The summed E-state index contributed by atoms with van der Waals surface area (Å²) in [5.41, 5.74) is 0.395. The van der Waals surface area contributed by atoms with Crippen molar-refractivity contribution < 1.29 is 0 Å². The summed E-state index contributed by atoms with van der Waals surface area (Å²) in [4.78, 5) is 2.75. The molecule has 0 aliphatic carbocycles. The van der Waals surface area contributed by atoms with Gasteiger partial charge in [0.2, 0.25) is 0 Å². The molecule has 1 unspecified atom stereocenters. The second-order valence-corrected chi connectivity index (χ2v) is 7.13. The van der Waals surface area contributed by atoms with Crippen LogP contribution in [-0.2, 0) is 0 Å². The van der Waals surface area contributed by atoms with Gasteiger partial charge in [0.15, 0.2) is 0 Å². The highest BCUT2D eigenvalue weighted by Gasteiger charge is 2.28. The molecule has 0 amide bonds. The third-order valence-electron chi connectivity index (χ3n) is 4.48. The third kappa shape index (κ3) is 7.64. The van der Waals surface area contributed by atoms with Crippen LogP contribution in [0.1, 0.15) is 74.1 Å². The van der Waals surface area contributed by atoms with Gasteiger partial charge in [-0.3, -0.25) is 4.90 Å². The van der Waals surface area contributed by atoms with Gasteiger partial charge in [-0.15, -0.1) is 0 Å². The fourth-order valence-corrected chi connectivity index (χ4v) is 2.97. The minimum atomic E-state index is 0.395. The van der Waals surface area contributed by atoms with Gasteiger partial charge >= 0.3 is 0 Å². The zero-order chi connectivity index (χ0) is 15.6. The van der Waals surface area contributed by atoms with Crippen molar-refractivity contribution in [1.82, 2.24) is 10.2 Å². The van der Waals surface area contributed by atoms with E-state index in [2.05, 4.69) is 58.7 Å². The molecule has 0 rings (SSSR count). The minimum absolute atomic E-state index is 0.395. The van der Waals surface area contributed by atoms with Gasteiger partial charge in [-0.1, -0.05) is 48.5 Å². The molecule has 1 atom stereocenters. The monoisotopic (exact) mass is 284 g/mol. The quantitative estimate of drug-likeness (QED) is 0.529. The molecule has 0 fully saturated rings. The normalized spacial score (nSPS) is 15.3. The zero-order valence-electron chi connectivity index (χ0n) is 15.3. The molecule has 2 heteroatoms. The lowest BCUT2D eigenvalue weighted by molar-refractivity contribution is 0.0958. The van der Waals surface area contributed by atoms with Crippen LogP contribution in [0.3, 0.4) is 0 Å². The highest BCUT2D eigenvalue weighted by molar-refractivity contribution is 4.83. The summed E-state index contributed by atoms with van der Waals surface area (Å²) in [5.74, 6) is 0.750. The molecule has 0 spiro atoms. The number of rotatable bonds is 12. The highest BCUT2D eigenvalue weighted by Crippen LogP contribution is 2.25. The van der Waals surface area contributed by atoms with Crippen LogP contribution in [0, 0.1) is 11.3 Å². The maximum atomic E-state index is 3.63. The number of nitrogens with one attached hydrogen (secondary N) is 1. The lowest BCUT2D eigenvalue weighted by atomic mass is 9.85. The van der Waals surface area contributed by atoms with E-state index in [0.29, 0.717) is 5.41 Å². The molecule has 2 nitrogen and oxygen atoms in total. The number of hydrogen-bond acceptors (Lipinski definition) is 2. The third-order valence-corrected chi connectivity index (χ3v) is 4.48. The Morgan fingerprint density at radius 2 is 1.65 bits per heavy atom. The summed E-state index contributed by atoms with van der Waals surface area (Å²) >= 11 is 0. The van der Waals surface area contributed by atoms with Crippen molar-refractivity contribution in [1.29, 1.82) is 0 Å². The first kappa shape index (κ1) is 19.9. The van der Waals surface area contributed by atoms with Crippen LogP contribution >= 0.6 is 0 Å². The van der Waals surface area contributed by atoms with Gasteiger partial charge in [0.05, 0.1) is 0 Å². The van der Waals surface area contributed by atoms with E-state index in [0.717, 1.165) is 25.0 Å². The predicted octanol–water partition coefficient (Wildman–Crippen LogP) is 4.55. The smallest absolute Gasteiger partial charge is 0.00903 e. The van der Waals surface area contributed by atoms with Crippen molar-refractivity contribution >= 4 is 0 Å². The lowest BCUT2D eigenvalue weighted by Crippen LogP contribution is -2.47. The second kappa shape index (κ2) is 10.6. The maximum Gasteiger partial charge on any atom is 0.00903 e. The van der Waals surface area contributed by atoms with E-state index in [-0.39, 0.29) is 0 Å². The largest absolute Gasteiger partial charge is 0.316 e. The Bertz CT molecular complexity index is 223. The molecule has 0 heterocycles. The van der Waals surface area contributed by atoms with E-state index in [1.54, 1.807) is 0 Å². The van der Waals surface area contributed by atoms with E-state index in [1.165, 1.54) is 38.8 Å². The van der Waals surface area contributed by atoms with Crippen LogP contribution in [0.4, 0.5) is 0 Å². The van der Waals surface area contributed by atoms with Gasteiger partial charge in [-0.05, 0) is 43.6 Å². The first-order chi connectivity index (χ1) is 9.42. The van der Waals surface area contributed by atoms with Crippen molar-refractivity contribution in [2.75, 3.05) is 26.2 Å². The Hall–Kier alpha value is -0.0800. The molecule has 0 aliphatic rings. The predicted molar refractivity (Wildman–Crippen MR) is 92.3 cm³/mol.